The summed E-state index contributed by atoms with van der Waals surface area (Å²) >= 11 is 1.91. The highest BCUT2D eigenvalue weighted by Crippen LogP contribution is 2.48. The number of thioether (sulfide) groups is 1. The van der Waals surface area contributed by atoms with Gasteiger partial charge in [0.1, 0.15) is 0 Å². The van der Waals surface area contributed by atoms with E-state index in [1.807, 2.05) is 11.8 Å². The van der Waals surface area contributed by atoms with Crippen LogP contribution >= 0.6 is 11.8 Å². The molecule has 0 radical (unpaired) electrons. The van der Waals surface area contributed by atoms with Crippen LogP contribution in [0.1, 0.15) is 33.1 Å². The molecule has 0 aromatic carbocycles. The van der Waals surface area contributed by atoms with E-state index in [0.717, 1.165) is 18.6 Å². The molecule has 1 saturated heterocycles. The Labute approximate surface area is 96.1 Å². The van der Waals surface area contributed by atoms with E-state index >= 15 is 0 Å². The lowest BCUT2D eigenvalue weighted by Gasteiger charge is -2.37. The second kappa shape index (κ2) is 5.21. The highest BCUT2D eigenvalue weighted by Gasteiger charge is 2.46. The van der Waals surface area contributed by atoms with Crippen molar-refractivity contribution in [1.82, 2.24) is 0 Å². The van der Waals surface area contributed by atoms with E-state index in [4.69, 9.17) is 10.5 Å². The molecule has 4 heteroatoms. The Morgan fingerprint density at radius 1 is 1.73 bits per heavy atom. The van der Waals surface area contributed by atoms with E-state index in [0.29, 0.717) is 11.7 Å². The SMILES string of the molecule is CCC(N)C1(CC(=O)OC)CCSC1C. The molecular formula is C11H21NO2S. The average Bonchev–Trinajstić information content (AvgIpc) is 2.60. The normalized spacial score (nSPS) is 32.7. The molecule has 88 valence electrons. The molecule has 0 aliphatic carbocycles. The third-order valence-electron chi connectivity index (χ3n) is 3.62. The van der Waals surface area contributed by atoms with Crippen molar-refractivity contribution < 1.29 is 9.53 Å². The van der Waals surface area contributed by atoms with Crippen LogP contribution in [0, 0.1) is 5.41 Å². The maximum Gasteiger partial charge on any atom is 0.306 e. The lowest BCUT2D eigenvalue weighted by Crippen LogP contribution is -2.46. The first-order valence-corrected chi connectivity index (χ1v) is 6.55. The van der Waals surface area contributed by atoms with E-state index in [2.05, 4.69) is 13.8 Å². The fraction of sp³-hybridized carbons (Fsp3) is 0.909. The molecule has 1 rings (SSSR count). The standard InChI is InChI=1S/C11H21NO2S/c1-4-9(12)11(7-10(13)14-3)5-6-15-8(11)2/h8-9H,4-7,12H2,1-3H3. The molecule has 15 heavy (non-hydrogen) atoms. The van der Waals surface area contributed by atoms with Gasteiger partial charge in [0.2, 0.25) is 0 Å². The second-order valence-electron chi connectivity index (χ2n) is 4.26. The summed E-state index contributed by atoms with van der Waals surface area (Å²) in [6.45, 7) is 4.26. The molecular weight excluding hydrogens is 210 g/mol. The number of carbonyl (C=O) groups excluding carboxylic acids is 1. The Morgan fingerprint density at radius 2 is 2.40 bits per heavy atom. The van der Waals surface area contributed by atoms with Crippen LogP contribution < -0.4 is 5.73 Å². The molecule has 1 fully saturated rings. The monoisotopic (exact) mass is 231 g/mol. The Hall–Kier alpha value is -0.220. The Kier molecular flexibility index (Phi) is 4.46. The average molecular weight is 231 g/mol. The number of rotatable bonds is 4. The topological polar surface area (TPSA) is 52.3 Å². The van der Waals surface area contributed by atoms with Gasteiger partial charge < -0.3 is 10.5 Å². The van der Waals surface area contributed by atoms with Crippen molar-refractivity contribution in [2.75, 3.05) is 12.9 Å². The first kappa shape index (κ1) is 12.8. The van der Waals surface area contributed by atoms with Crippen molar-refractivity contribution in [2.24, 2.45) is 11.1 Å². The number of esters is 1. The zero-order chi connectivity index (χ0) is 11.5. The van der Waals surface area contributed by atoms with Crippen molar-refractivity contribution in [1.29, 1.82) is 0 Å². The molecule has 3 nitrogen and oxygen atoms in total. The molecule has 1 heterocycles. The van der Waals surface area contributed by atoms with E-state index in [9.17, 15) is 4.79 Å². The number of hydrogen-bond donors (Lipinski definition) is 1. The van der Waals surface area contributed by atoms with Gasteiger partial charge in [0.15, 0.2) is 0 Å². The lowest BCUT2D eigenvalue weighted by atomic mass is 9.72. The van der Waals surface area contributed by atoms with Crippen LogP contribution in [0.15, 0.2) is 0 Å². The van der Waals surface area contributed by atoms with E-state index in [1.165, 1.54) is 7.11 Å². The van der Waals surface area contributed by atoms with Crippen LogP contribution in [0.3, 0.4) is 0 Å². The van der Waals surface area contributed by atoms with Crippen molar-refractivity contribution in [3.05, 3.63) is 0 Å². The molecule has 3 unspecified atom stereocenters. The number of carbonyl (C=O) groups is 1. The number of hydrogen-bond acceptors (Lipinski definition) is 4. The van der Waals surface area contributed by atoms with Gasteiger partial charge in [-0.25, -0.2) is 0 Å². The fourth-order valence-corrected chi connectivity index (χ4v) is 3.95. The summed E-state index contributed by atoms with van der Waals surface area (Å²) in [6.07, 6.45) is 2.41. The van der Waals surface area contributed by atoms with Crippen molar-refractivity contribution >= 4 is 17.7 Å². The minimum absolute atomic E-state index is 0.0491. The van der Waals surface area contributed by atoms with E-state index < -0.39 is 0 Å². The summed E-state index contributed by atoms with van der Waals surface area (Å²) in [5.74, 6) is 0.972. The molecule has 0 spiro atoms. The second-order valence-corrected chi connectivity index (χ2v) is 5.71. The van der Waals surface area contributed by atoms with Crippen molar-refractivity contribution in [2.45, 2.75) is 44.4 Å². The first-order chi connectivity index (χ1) is 7.06. The minimum atomic E-state index is -0.131. The Balaban J connectivity index is 2.81. The maximum atomic E-state index is 11.5. The lowest BCUT2D eigenvalue weighted by molar-refractivity contribution is -0.143. The van der Waals surface area contributed by atoms with Gasteiger partial charge in [-0.2, -0.15) is 11.8 Å². The largest absolute Gasteiger partial charge is 0.469 e. The fourth-order valence-electron chi connectivity index (χ4n) is 2.39. The third-order valence-corrected chi connectivity index (χ3v) is 5.03. The molecule has 2 N–H and O–H groups in total. The number of nitrogens with two attached hydrogens (primary N) is 1. The van der Waals surface area contributed by atoms with Gasteiger partial charge in [-0.05, 0) is 18.6 Å². The smallest absolute Gasteiger partial charge is 0.306 e. The Bertz CT molecular complexity index is 235. The molecule has 1 aliphatic rings. The van der Waals surface area contributed by atoms with Crippen LogP contribution in [0.2, 0.25) is 0 Å². The maximum absolute atomic E-state index is 11.5. The van der Waals surface area contributed by atoms with E-state index in [-0.39, 0.29) is 17.4 Å². The van der Waals surface area contributed by atoms with Gasteiger partial charge in [-0.3, -0.25) is 4.79 Å². The van der Waals surface area contributed by atoms with Crippen LogP contribution in [0.5, 0.6) is 0 Å². The summed E-state index contributed by atoms with van der Waals surface area (Å²) in [5, 5.41) is 0.451. The number of methoxy groups -OCH3 is 1. The summed E-state index contributed by atoms with van der Waals surface area (Å²) in [6, 6.07) is 0.0987. The minimum Gasteiger partial charge on any atom is -0.469 e. The highest BCUT2D eigenvalue weighted by atomic mass is 32.2. The van der Waals surface area contributed by atoms with Crippen molar-refractivity contribution in [3.63, 3.8) is 0 Å². The molecule has 3 atom stereocenters. The Morgan fingerprint density at radius 3 is 2.80 bits per heavy atom. The predicted octanol–water partition coefficient (Wildman–Crippen LogP) is 1.80. The van der Waals surface area contributed by atoms with Crippen LogP contribution in [-0.4, -0.2) is 30.1 Å². The zero-order valence-electron chi connectivity index (χ0n) is 9.79. The third kappa shape index (κ3) is 2.48. The molecule has 0 aromatic rings. The van der Waals surface area contributed by atoms with Gasteiger partial charge in [-0.1, -0.05) is 13.8 Å². The summed E-state index contributed by atoms with van der Waals surface area (Å²) in [5.41, 5.74) is 6.14. The highest BCUT2D eigenvalue weighted by molar-refractivity contribution is 8.00. The number of ether oxygens (including phenoxy) is 1. The molecule has 0 saturated carbocycles. The van der Waals surface area contributed by atoms with Crippen molar-refractivity contribution in [3.8, 4) is 0 Å². The van der Waals surface area contributed by atoms with Gasteiger partial charge in [0, 0.05) is 16.7 Å². The van der Waals surface area contributed by atoms with Gasteiger partial charge >= 0.3 is 5.97 Å². The van der Waals surface area contributed by atoms with Crippen LogP contribution in [0.25, 0.3) is 0 Å². The van der Waals surface area contributed by atoms with Gasteiger partial charge in [0.25, 0.3) is 0 Å². The summed E-state index contributed by atoms with van der Waals surface area (Å²) in [4.78, 5) is 11.5. The molecule has 1 aliphatic heterocycles. The predicted molar refractivity (Wildman–Crippen MR) is 63.9 cm³/mol. The molecule has 0 aromatic heterocycles. The van der Waals surface area contributed by atoms with Crippen LogP contribution in [0.4, 0.5) is 0 Å². The molecule has 0 amide bonds. The van der Waals surface area contributed by atoms with Crippen LogP contribution in [-0.2, 0) is 9.53 Å². The quantitative estimate of drug-likeness (QED) is 0.750. The van der Waals surface area contributed by atoms with E-state index in [1.54, 1.807) is 0 Å². The molecule has 0 bridgehead atoms. The summed E-state index contributed by atoms with van der Waals surface area (Å²) < 4.78 is 4.78. The van der Waals surface area contributed by atoms with Gasteiger partial charge in [0.05, 0.1) is 13.5 Å². The first-order valence-electron chi connectivity index (χ1n) is 5.50. The zero-order valence-corrected chi connectivity index (χ0v) is 10.6. The summed E-state index contributed by atoms with van der Waals surface area (Å²) in [7, 11) is 1.44. The van der Waals surface area contributed by atoms with Gasteiger partial charge in [-0.15, -0.1) is 0 Å².